The van der Waals surface area contributed by atoms with Crippen LogP contribution in [0.25, 0.3) is 0 Å². The fraction of sp³-hybridized carbons (Fsp3) is 0.278. The molecule has 2 rings (SSSR count). The van der Waals surface area contributed by atoms with Crippen LogP contribution >= 0.6 is 0 Å². The lowest BCUT2D eigenvalue weighted by atomic mass is 10.1. The van der Waals surface area contributed by atoms with Crippen molar-refractivity contribution in [2.24, 2.45) is 5.18 Å². The van der Waals surface area contributed by atoms with Crippen LogP contribution in [0.4, 0.5) is 0 Å². The molecule has 0 saturated heterocycles. The Labute approximate surface area is 142 Å². The number of benzene rings is 1. The number of allylic oxidation sites excluding steroid dienone is 1. The highest BCUT2D eigenvalue weighted by Crippen LogP contribution is 2.15. The summed E-state index contributed by atoms with van der Waals surface area (Å²) in [6.07, 6.45) is 6.27. The van der Waals surface area contributed by atoms with Crippen LogP contribution in [-0.2, 0) is 11.3 Å². The molecule has 6 nitrogen and oxygen atoms in total. The molecule has 1 heterocycles. The zero-order chi connectivity index (χ0) is 17.4. The van der Waals surface area contributed by atoms with E-state index in [4.69, 9.17) is 0 Å². The Kier molecular flexibility index (Phi) is 6.45. The third-order valence-corrected chi connectivity index (χ3v) is 3.71. The van der Waals surface area contributed by atoms with Crippen molar-refractivity contribution in [3.8, 4) is 0 Å². The summed E-state index contributed by atoms with van der Waals surface area (Å²) in [5, 5.41) is 5.65. The second kappa shape index (κ2) is 8.79. The Morgan fingerprint density at radius 2 is 2.08 bits per heavy atom. The topological polar surface area (TPSA) is 65.0 Å². The molecule has 0 saturated carbocycles. The van der Waals surface area contributed by atoms with E-state index in [-0.39, 0.29) is 5.91 Å². The number of nitroso groups, excluding NO2 is 1. The summed E-state index contributed by atoms with van der Waals surface area (Å²) >= 11 is 0. The molecule has 6 heteroatoms. The fourth-order valence-electron chi connectivity index (χ4n) is 2.35. The average Bonchev–Trinajstić information content (AvgIpc) is 2.58. The Morgan fingerprint density at radius 1 is 1.33 bits per heavy atom. The maximum atomic E-state index is 12.2. The van der Waals surface area contributed by atoms with E-state index in [9.17, 15) is 9.70 Å². The van der Waals surface area contributed by atoms with E-state index in [0.717, 1.165) is 13.1 Å². The quantitative estimate of drug-likeness (QED) is 0.781. The van der Waals surface area contributed by atoms with Crippen LogP contribution in [-0.4, -0.2) is 42.9 Å². The third kappa shape index (κ3) is 5.17. The van der Waals surface area contributed by atoms with Crippen molar-refractivity contribution < 1.29 is 4.79 Å². The lowest BCUT2D eigenvalue weighted by molar-refractivity contribution is -0.117. The molecule has 1 N–H and O–H groups in total. The molecule has 0 spiro atoms. The average molecular weight is 326 g/mol. The number of rotatable bonds is 7. The first-order valence-electron chi connectivity index (χ1n) is 7.76. The van der Waals surface area contributed by atoms with Crippen LogP contribution in [0.2, 0.25) is 0 Å². The number of hydrogen-bond acceptors (Lipinski definition) is 5. The molecule has 0 atom stereocenters. The highest BCUT2D eigenvalue weighted by atomic mass is 16.2. The van der Waals surface area contributed by atoms with Crippen LogP contribution in [0, 0.1) is 4.91 Å². The van der Waals surface area contributed by atoms with Crippen LogP contribution < -0.4 is 5.32 Å². The Hall–Kier alpha value is -2.73. The molecule has 0 aliphatic carbocycles. The van der Waals surface area contributed by atoms with E-state index in [0.29, 0.717) is 17.8 Å². The predicted molar refractivity (Wildman–Crippen MR) is 94.6 cm³/mol. The molecule has 126 valence electrons. The third-order valence-electron chi connectivity index (χ3n) is 3.71. The molecule has 1 amide bonds. The minimum absolute atomic E-state index is 0.163. The Morgan fingerprint density at radius 3 is 2.79 bits per heavy atom. The van der Waals surface area contributed by atoms with Crippen molar-refractivity contribution in [3.63, 3.8) is 0 Å². The van der Waals surface area contributed by atoms with Crippen LogP contribution in [0.3, 0.4) is 0 Å². The molecule has 0 unspecified atom stereocenters. The minimum atomic E-state index is -0.163. The van der Waals surface area contributed by atoms with Gasteiger partial charge in [-0.15, -0.1) is 4.91 Å². The largest absolute Gasteiger partial charge is 0.351 e. The number of hydrogen-bond donors (Lipinski definition) is 1. The molecule has 1 aliphatic heterocycles. The van der Waals surface area contributed by atoms with E-state index in [1.807, 2.05) is 25.2 Å². The lowest BCUT2D eigenvalue weighted by Crippen LogP contribution is -2.33. The van der Waals surface area contributed by atoms with Gasteiger partial charge in [0.05, 0.1) is 11.9 Å². The van der Waals surface area contributed by atoms with Gasteiger partial charge in [-0.1, -0.05) is 30.3 Å². The molecular weight excluding hydrogens is 304 g/mol. The van der Waals surface area contributed by atoms with Crippen molar-refractivity contribution in [2.75, 3.05) is 27.2 Å². The summed E-state index contributed by atoms with van der Waals surface area (Å²) in [5.74, 6) is -0.163. The van der Waals surface area contributed by atoms with E-state index >= 15 is 0 Å². The second-order valence-corrected chi connectivity index (χ2v) is 5.66. The van der Waals surface area contributed by atoms with Crippen LogP contribution in [0.15, 0.2) is 71.3 Å². The van der Waals surface area contributed by atoms with Crippen molar-refractivity contribution in [2.45, 2.75) is 6.54 Å². The lowest BCUT2D eigenvalue weighted by Gasteiger charge is -2.20. The number of carbonyl (C=O) groups is 1. The van der Waals surface area contributed by atoms with Gasteiger partial charge in [0.1, 0.15) is 0 Å². The maximum absolute atomic E-state index is 12.2. The highest BCUT2D eigenvalue weighted by molar-refractivity contribution is 5.96. The van der Waals surface area contributed by atoms with Gasteiger partial charge in [-0.2, -0.15) is 0 Å². The minimum Gasteiger partial charge on any atom is -0.351 e. The smallest absolute Gasteiger partial charge is 0.251 e. The molecule has 0 aromatic heterocycles. The van der Waals surface area contributed by atoms with Crippen molar-refractivity contribution >= 4 is 5.91 Å². The molecule has 0 fully saturated rings. The molecule has 1 aromatic carbocycles. The standard InChI is InChI=1S/C18H22N4O2/c1-21(14-15-6-4-3-5-7-15)11-9-19-18(23)16-8-10-22(2)17(12-16)13-20-24/h3-8,10,12-13H,9,11,14H2,1-2H3,(H,19,23)/b17-13+. The summed E-state index contributed by atoms with van der Waals surface area (Å²) in [6.45, 7) is 2.13. The SMILES string of the molecule is CN(CCNC(=O)C1=C/C(=C\N=O)N(C)C=C1)Cc1ccccc1. The van der Waals surface area contributed by atoms with Crippen LogP contribution in [0.1, 0.15) is 5.56 Å². The van der Waals surface area contributed by atoms with E-state index in [1.54, 1.807) is 30.3 Å². The number of nitrogens with zero attached hydrogens (tertiary/aromatic N) is 3. The fourth-order valence-corrected chi connectivity index (χ4v) is 2.35. The summed E-state index contributed by atoms with van der Waals surface area (Å²) < 4.78 is 0. The van der Waals surface area contributed by atoms with Gasteiger partial charge in [0.2, 0.25) is 0 Å². The number of amides is 1. The Balaban J connectivity index is 1.81. The second-order valence-electron chi connectivity index (χ2n) is 5.66. The van der Waals surface area contributed by atoms with Gasteiger partial charge < -0.3 is 15.1 Å². The molecule has 24 heavy (non-hydrogen) atoms. The molecule has 1 aliphatic rings. The van der Waals surface area contributed by atoms with Gasteiger partial charge >= 0.3 is 0 Å². The van der Waals surface area contributed by atoms with E-state index in [1.165, 1.54) is 11.8 Å². The van der Waals surface area contributed by atoms with Gasteiger partial charge in [0.25, 0.3) is 5.91 Å². The summed E-state index contributed by atoms with van der Waals surface area (Å²) in [7, 11) is 3.81. The van der Waals surface area contributed by atoms with Crippen molar-refractivity contribution in [1.29, 1.82) is 0 Å². The zero-order valence-corrected chi connectivity index (χ0v) is 14.0. The van der Waals surface area contributed by atoms with Gasteiger partial charge in [-0.25, -0.2) is 0 Å². The van der Waals surface area contributed by atoms with Gasteiger partial charge in [0, 0.05) is 38.5 Å². The number of likely N-dealkylation sites (N-methyl/N-ethyl adjacent to an activating group) is 2. The molecule has 0 bridgehead atoms. The first-order chi connectivity index (χ1) is 11.6. The van der Waals surface area contributed by atoms with E-state index < -0.39 is 0 Å². The normalized spacial score (nSPS) is 15.5. The monoisotopic (exact) mass is 326 g/mol. The van der Waals surface area contributed by atoms with Crippen LogP contribution in [0.5, 0.6) is 0 Å². The van der Waals surface area contributed by atoms with Crippen molar-refractivity contribution in [3.05, 3.63) is 76.6 Å². The molecule has 0 radical (unpaired) electrons. The van der Waals surface area contributed by atoms with Crippen molar-refractivity contribution in [1.82, 2.24) is 15.1 Å². The maximum Gasteiger partial charge on any atom is 0.251 e. The molecule has 1 aromatic rings. The summed E-state index contributed by atoms with van der Waals surface area (Å²) in [5.41, 5.74) is 2.33. The number of carbonyl (C=O) groups excluding carboxylic acids is 1. The summed E-state index contributed by atoms with van der Waals surface area (Å²) in [4.78, 5) is 26.4. The zero-order valence-electron chi connectivity index (χ0n) is 14.0. The predicted octanol–water partition coefficient (Wildman–Crippen LogP) is 2.23. The highest BCUT2D eigenvalue weighted by Gasteiger charge is 2.13. The molecular formula is C18H22N4O2. The number of nitrogens with one attached hydrogen (secondary N) is 1. The summed E-state index contributed by atoms with van der Waals surface area (Å²) in [6, 6.07) is 10.2. The van der Waals surface area contributed by atoms with Gasteiger partial charge in [0.15, 0.2) is 0 Å². The Bertz CT molecular complexity index is 665. The first-order valence-corrected chi connectivity index (χ1v) is 7.76. The first kappa shape index (κ1) is 17.6. The van der Waals surface area contributed by atoms with E-state index in [2.05, 4.69) is 27.5 Å². The van der Waals surface area contributed by atoms with Gasteiger partial charge in [-0.3, -0.25) is 4.79 Å². The van der Waals surface area contributed by atoms with Gasteiger partial charge in [-0.05, 0) is 29.9 Å².